The Labute approximate surface area is 220 Å². The van der Waals surface area contributed by atoms with Gasteiger partial charge in [-0.05, 0) is 63.3 Å². The number of aromatic amines is 1. The molecule has 5 rings (SSSR count). The van der Waals surface area contributed by atoms with Crippen LogP contribution in [0.5, 0.6) is 11.5 Å². The predicted octanol–water partition coefficient (Wildman–Crippen LogP) is 3.44. The summed E-state index contributed by atoms with van der Waals surface area (Å²) in [5.74, 6) is 1.57. The number of carbonyl (C=O) groups is 1. The van der Waals surface area contributed by atoms with Crippen molar-refractivity contribution in [1.29, 1.82) is 0 Å². The van der Waals surface area contributed by atoms with E-state index in [0.29, 0.717) is 42.0 Å². The van der Waals surface area contributed by atoms with Gasteiger partial charge in [0.05, 0.1) is 11.4 Å². The molecule has 0 radical (unpaired) electrons. The summed E-state index contributed by atoms with van der Waals surface area (Å²) in [7, 11) is 3.90. The van der Waals surface area contributed by atoms with E-state index < -0.39 is 0 Å². The predicted molar refractivity (Wildman–Crippen MR) is 147 cm³/mol. The van der Waals surface area contributed by atoms with Crippen LogP contribution in [0, 0.1) is 0 Å². The molecule has 196 valence electrons. The number of carbonyl (C=O) groups excluding carboxylic acids is 1. The van der Waals surface area contributed by atoms with Crippen molar-refractivity contribution in [1.82, 2.24) is 29.8 Å². The summed E-state index contributed by atoms with van der Waals surface area (Å²) in [5, 5.41) is 11.9. The number of fused-ring (bicyclic) bond motifs is 1. The van der Waals surface area contributed by atoms with Gasteiger partial charge in [-0.2, -0.15) is 10.2 Å². The average Bonchev–Trinajstić information content (AvgIpc) is 3.34. The number of nitrogens with one attached hydrogen (secondary N) is 1. The average molecular weight is 514 g/mol. The van der Waals surface area contributed by atoms with Gasteiger partial charge in [0, 0.05) is 31.3 Å². The summed E-state index contributed by atoms with van der Waals surface area (Å²) < 4.78 is 7.63. The molecule has 0 spiro atoms. The van der Waals surface area contributed by atoms with Crippen LogP contribution in [0.2, 0.25) is 0 Å². The van der Waals surface area contributed by atoms with Crippen molar-refractivity contribution in [2.45, 2.75) is 18.9 Å². The standard InChI is InChI=1S/C28H31N7O3/c1-33(2)16-7-11-23(36)34-17-6-8-20(18-34)35-26-24(27(29)30-31-28(26)37)25(32-35)19-12-14-22(15-13-19)38-21-9-4-3-5-10-21/h3-5,7,9-15,20H,6,8,16-18H2,1-2H3,(H2,29,30)(H,31,37)/b11-7+/t20-/m1/s1. The van der Waals surface area contributed by atoms with Crippen LogP contribution in [0.3, 0.4) is 0 Å². The molecule has 3 N–H and O–H groups in total. The van der Waals surface area contributed by atoms with E-state index in [1.807, 2.05) is 84.6 Å². The summed E-state index contributed by atoms with van der Waals surface area (Å²) in [6.07, 6.45) is 5.06. The monoisotopic (exact) mass is 513 g/mol. The first-order chi connectivity index (χ1) is 18.4. The lowest BCUT2D eigenvalue weighted by atomic mass is 10.1. The van der Waals surface area contributed by atoms with Crippen molar-refractivity contribution < 1.29 is 9.53 Å². The van der Waals surface area contributed by atoms with Crippen molar-refractivity contribution in [3.8, 4) is 22.8 Å². The lowest BCUT2D eigenvalue weighted by Crippen LogP contribution is -2.40. The third-order valence-corrected chi connectivity index (χ3v) is 6.55. The molecule has 1 saturated heterocycles. The van der Waals surface area contributed by atoms with Gasteiger partial charge in [0.1, 0.15) is 22.7 Å². The molecule has 3 heterocycles. The SMILES string of the molecule is CN(C)C/C=C/C(=O)N1CCC[C@@H](n2nc(-c3ccc(Oc4ccccc4)cc3)c3c(N)n[nH]c(=O)c32)C1. The highest BCUT2D eigenvalue weighted by molar-refractivity contribution is 5.99. The number of nitrogen functional groups attached to an aromatic ring is 1. The van der Waals surface area contributed by atoms with Gasteiger partial charge in [0.15, 0.2) is 5.82 Å². The summed E-state index contributed by atoms with van der Waals surface area (Å²) >= 11 is 0. The summed E-state index contributed by atoms with van der Waals surface area (Å²) in [4.78, 5) is 29.6. The number of nitrogens with two attached hydrogens (primary N) is 1. The normalized spacial score (nSPS) is 16.0. The number of para-hydroxylation sites is 1. The van der Waals surface area contributed by atoms with Crippen LogP contribution in [0.1, 0.15) is 18.9 Å². The Kier molecular flexibility index (Phi) is 7.23. The molecule has 2 aromatic heterocycles. The van der Waals surface area contributed by atoms with Gasteiger partial charge in [0.2, 0.25) is 5.91 Å². The Balaban J connectivity index is 1.46. The lowest BCUT2D eigenvalue weighted by molar-refractivity contribution is -0.127. The smallest absolute Gasteiger partial charge is 0.290 e. The topological polar surface area (TPSA) is 122 Å². The molecule has 0 saturated carbocycles. The van der Waals surface area contributed by atoms with Crippen LogP contribution in [-0.4, -0.2) is 69.4 Å². The van der Waals surface area contributed by atoms with E-state index in [2.05, 4.69) is 10.2 Å². The molecule has 1 aliphatic heterocycles. The minimum absolute atomic E-state index is 0.0441. The second kappa shape index (κ2) is 10.9. The van der Waals surface area contributed by atoms with Gasteiger partial charge >= 0.3 is 0 Å². The van der Waals surface area contributed by atoms with Gasteiger partial charge < -0.3 is 20.3 Å². The molecule has 0 aliphatic carbocycles. The van der Waals surface area contributed by atoms with Crippen LogP contribution in [0.4, 0.5) is 5.82 Å². The molecule has 10 heteroatoms. The number of likely N-dealkylation sites (N-methyl/N-ethyl adjacent to an activating group) is 1. The molecule has 1 aliphatic rings. The van der Waals surface area contributed by atoms with Gasteiger partial charge in [-0.1, -0.05) is 24.3 Å². The number of hydrogen-bond acceptors (Lipinski definition) is 7. The molecule has 4 aromatic rings. The van der Waals surface area contributed by atoms with Crippen molar-refractivity contribution in [3.63, 3.8) is 0 Å². The van der Waals surface area contributed by atoms with Gasteiger partial charge in [-0.25, -0.2) is 5.10 Å². The number of likely N-dealkylation sites (tertiary alicyclic amines) is 1. The van der Waals surface area contributed by atoms with E-state index in [0.717, 1.165) is 24.2 Å². The lowest BCUT2D eigenvalue weighted by Gasteiger charge is -2.32. The van der Waals surface area contributed by atoms with Crippen molar-refractivity contribution in [3.05, 3.63) is 77.1 Å². The van der Waals surface area contributed by atoms with E-state index in [1.54, 1.807) is 10.8 Å². The van der Waals surface area contributed by atoms with E-state index in [1.165, 1.54) is 0 Å². The number of benzene rings is 2. The second-order valence-electron chi connectivity index (χ2n) is 9.64. The first kappa shape index (κ1) is 25.2. The van der Waals surface area contributed by atoms with Crippen LogP contribution < -0.4 is 16.0 Å². The molecular weight excluding hydrogens is 482 g/mol. The number of H-pyrrole nitrogens is 1. The Morgan fingerprint density at radius 1 is 1.16 bits per heavy atom. The number of amides is 1. The van der Waals surface area contributed by atoms with Crippen molar-refractivity contribution in [2.24, 2.45) is 0 Å². The van der Waals surface area contributed by atoms with E-state index in [4.69, 9.17) is 15.6 Å². The van der Waals surface area contributed by atoms with Gasteiger partial charge in [-0.3, -0.25) is 14.3 Å². The first-order valence-corrected chi connectivity index (χ1v) is 12.6. The zero-order valence-corrected chi connectivity index (χ0v) is 21.5. The maximum atomic E-state index is 13.0. The van der Waals surface area contributed by atoms with Crippen molar-refractivity contribution >= 4 is 22.6 Å². The fourth-order valence-corrected chi connectivity index (χ4v) is 4.71. The molecule has 1 atom stereocenters. The highest BCUT2D eigenvalue weighted by atomic mass is 16.5. The van der Waals surface area contributed by atoms with Gasteiger partial charge in [0.25, 0.3) is 5.56 Å². The Bertz CT molecular complexity index is 1510. The second-order valence-corrected chi connectivity index (χ2v) is 9.64. The largest absolute Gasteiger partial charge is 0.457 e. The third kappa shape index (κ3) is 5.30. The number of aromatic nitrogens is 4. The third-order valence-electron chi connectivity index (χ3n) is 6.55. The maximum Gasteiger partial charge on any atom is 0.290 e. The Hall–Kier alpha value is -4.44. The highest BCUT2D eigenvalue weighted by Crippen LogP contribution is 2.34. The summed E-state index contributed by atoms with van der Waals surface area (Å²) in [6.45, 7) is 1.80. The molecular formula is C28H31N7O3. The molecule has 2 aromatic carbocycles. The minimum Gasteiger partial charge on any atom is -0.457 e. The fraction of sp³-hybridized carbons (Fsp3) is 0.286. The zero-order valence-electron chi connectivity index (χ0n) is 21.5. The van der Waals surface area contributed by atoms with Crippen LogP contribution >= 0.6 is 0 Å². The maximum absolute atomic E-state index is 13.0. The molecule has 1 amide bonds. The van der Waals surface area contributed by atoms with Crippen LogP contribution in [-0.2, 0) is 4.79 Å². The molecule has 0 unspecified atom stereocenters. The summed E-state index contributed by atoms with van der Waals surface area (Å²) in [5.41, 5.74) is 7.60. The Morgan fingerprint density at radius 3 is 2.63 bits per heavy atom. The molecule has 0 bridgehead atoms. The number of anilines is 1. The number of nitrogens with zero attached hydrogens (tertiary/aromatic N) is 5. The number of rotatable bonds is 7. The van der Waals surface area contributed by atoms with Crippen LogP contribution in [0.25, 0.3) is 22.2 Å². The van der Waals surface area contributed by atoms with Crippen molar-refractivity contribution in [2.75, 3.05) is 39.5 Å². The Morgan fingerprint density at radius 2 is 1.89 bits per heavy atom. The number of ether oxygens (including phenoxy) is 1. The van der Waals surface area contributed by atoms with Crippen LogP contribution in [0.15, 0.2) is 71.5 Å². The van der Waals surface area contributed by atoms with E-state index in [-0.39, 0.29) is 23.3 Å². The quantitative estimate of drug-likeness (QED) is 0.363. The molecule has 38 heavy (non-hydrogen) atoms. The highest BCUT2D eigenvalue weighted by Gasteiger charge is 2.28. The van der Waals surface area contributed by atoms with E-state index >= 15 is 0 Å². The number of piperidine rings is 1. The zero-order chi connectivity index (χ0) is 26.6. The number of hydrogen-bond donors (Lipinski definition) is 2. The summed E-state index contributed by atoms with van der Waals surface area (Å²) in [6, 6.07) is 16.8. The minimum atomic E-state index is -0.369. The van der Waals surface area contributed by atoms with Gasteiger partial charge in [-0.15, -0.1) is 0 Å². The fourth-order valence-electron chi connectivity index (χ4n) is 4.71. The van der Waals surface area contributed by atoms with E-state index in [9.17, 15) is 9.59 Å². The molecule has 1 fully saturated rings. The molecule has 10 nitrogen and oxygen atoms in total. The first-order valence-electron chi connectivity index (χ1n) is 12.6.